The third-order valence-corrected chi connectivity index (χ3v) is 2.46. The topological polar surface area (TPSA) is 3.24 Å². The zero-order valence-electron chi connectivity index (χ0n) is 10.2. The van der Waals surface area contributed by atoms with Gasteiger partial charge in [-0.25, -0.2) is 0 Å². The van der Waals surface area contributed by atoms with Gasteiger partial charge in [0.25, 0.3) is 0 Å². The molecule has 0 rings (SSSR count). The molecule has 0 aliphatic rings. The van der Waals surface area contributed by atoms with E-state index in [0.29, 0.717) is 0 Å². The summed E-state index contributed by atoms with van der Waals surface area (Å²) in [4.78, 5) is 2.27. The average molecular weight is 286 g/mol. The van der Waals surface area contributed by atoms with Crippen LogP contribution in [0.5, 0.6) is 0 Å². The molecule has 0 amide bonds. The average Bonchev–Trinajstić information content (AvgIpc) is 2.09. The first-order chi connectivity index (χ1) is 6.27. The Bertz CT molecular complexity index is 94.3. The molecule has 14 heavy (non-hydrogen) atoms. The maximum atomic E-state index is 2.27. The van der Waals surface area contributed by atoms with Crippen molar-refractivity contribution in [1.29, 1.82) is 0 Å². The molecule has 0 aliphatic heterocycles. The zero-order chi connectivity index (χ0) is 9.94. The smallest absolute Gasteiger partial charge is 0 e. The minimum absolute atomic E-state index is 0. The summed E-state index contributed by atoms with van der Waals surface area (Å²) in [5.74, 6) is 0. The number of rotatable bonds is 9. The number of hydrogen-bond donors (Lipinski definition) is 0. The van der Waals surface area contributed by atoms with Crippen LogP contribution in [-0.2, 0) is 19.5 Å². The number of unbranched alkanes of at least 4 members (excludes halogenated alkanes) is 7. The second-order valence-electron chi connectivity index (χ2n) is 4.28. The summed E-state index contributed by atoms with van der Waals surface area (Å²) in [7, 11) is 4.31. The van der Waals surface area contributed by atoms with Crippen molar-refractivity contribution in [2.45, 2.75) is 58.3 Å². The Morgan fingerprint density at radius 3 is 1.57 bits per heavy atom. The first kappa shape index (κ1) is 17.0. The monoisotopic (exact) mass is 287 g/mol. The van der Waals surface area contributed by atoms with Gasteiger partial charge in [0.05, 0.1) is 0 Å². The summed E-state index contributed by atoms with van der Waals surface area (Å²) in [6.07, 6.45) is 11.4. The maximum Gasteiger partial charge on any atom is 0 e. The molecule has 0 radical (unpaired) electrons. The van der Waals surface area contributed by atoms with Crippen LogP contribution in [0.1, 0.15) is 58.3 Å². The predicted octanol–water partition coefficient (Wildman–Crippen LogP) is 3.69. The largest absolute Gasteiger partial charge is 0.309 e. The van der Waals surface area contributed by atoms with E-state index in [4.69, 9.17) is 0 Å². The van der Waals surface area contributed by atoms with Crippen LogP contribution in [0.25, 0.3) is 0 Å². The molecule has 0 unspecified atom stereocenters. The minimum Gasteiger partial charge on any atom is -0.309 e. The standard InChI is InChI=1S/C12H27N.Ru/c1-4-5-6-7-8-9-10-11-12-13(2)3;/h4-12H2,1-3H3;. The van der Waals surface area contributed by atoms with Gasteiger partial charge in [0.15, 0.2) is 0 Å². The van der Waals surface area contributed by atoms with E-state index in [1.165, 1.54) is 57.9 Å². The zero-order valence-corrected chi connectivity index (χ0v) is 11.9. The molecular weight excluding hydrogens is 259 g/mol. The minimum atomic E-state index is 0. The molecular formula is C12H27NRu. The van der Waals surface area contributed by atoms with Crippen molar-refractivity contribution >= 4 is 0 Å². The van der Waals surface area contributed by atoms with E-state index in [9.17, 15) is 0 Å². The Balaban J connectivity index is 0. The second-order valence-corrected chi connectivity index (χ2v) is 4.28. The Hall–Kier alpha value is 0.583. The first-order valence-corrected chi connectivity index (χ1v) is 5.92. The second kappa shape index (κ2) is 13.6. The molecule has 0 aromatic carbocycles. The van der Waals surface area contributed by atoms with Gasteiger partial charge in [-0.3, -0.25) is 0 Å². The van der Waals surface area contributed by atoms with E-state index in [0.717, 1.165) is 0 Å². The summed E-state index contributed by atoms with van der Waals surface area (Å²) in [5.41, 5.74) is 0. The van der Waals surface area contributed by atoms with Crippen LogP contribution in [0.3, 0.4) is 0 Å². The Morgan fingerprint density at radius 2 is 1.14 bits per heavy atom. The SMILES string of the molecule is CCCCCCCCCCN(C)C.[Ru]. The van der Waals surface area contributed by atoms with Crippen LogP contribution in [0, 0.1) is 0 Å². The summed E-state index contributed by atoms with van der Waals surface area (Å²) in [5, 5.41) is 0. The van der Waals surface area contributed by atoms with Crippen molar-refractivity contribution in [1.82, 2.24) is 4.90 Å². The summed E-state index contributed by atoms with van der Waals surface area (Å²) < 4.78 is 0. The summed E-state index contributed by atoms with van der Waals surface area (Å²) >= 11 is 0. The predicted molar refractivity (Wildman–Crippen MR) is 61.2 cm³/mol. The van der Waals surface area contributed by atoms with Crippen LogP contribution in [0.15, 0.2) is 0 Å². The first-order valence-electron chi connectivity index (χ1n) is 5.92. The van der Waals surface area contributed by atoms with Crippen LogP contribution < -0.4 is 0 Å². The fourth-order valence-electron chi connectivity index (χ4n) is 1.56. The van der Waals surface area contributed by atoms with Crippen LogP contribution in [-0.4, -0.2) is 25.5 Å². The molecule has 1 nitrogen and oxygen atoms in total. The molecule has 2 heteroatoms. The quantitative estimate of drug-likeness (QED) is 0.461. The molecule has 0 aromatic rings. The van der Waals surface area contributed by atoms with E-state index >= 15 is 0 Å². The van der Waals surface area contributed by atoms with Gasteiger partial charge in [-0.2, -0.15) is 0 Å². The summed E-state index contributed by atoms with van der Waals surface area (Å²) in [6, 6.07) is 0. The van der Waals surface area contributed by atoms with Crippen molar-refractivity contribution < 1.29 is 19.5 Å². The van der Waals surface area contributed by atoms with E-state index in [1.807, 2.05) is 0 Å². The maximum absolute atomic E-state index is 2.27. The normalized spacial score (nSPS) is 10.3. The molecule has 0 aromatic heterocycles. The van der Waals surface area contributed by atoms with Crippen LogP contribution in [0.4, 0.5) is 0 Å². The van der Waals surface area contributed by atoms with Gasteiger partial charge in [-0.15, -0.1) is 0 Å². The van der Waals surface area contributed by atoms with Crippen LogP contribution >= 0.6 is 0 Å². The van der Waals surface area contributed by atoms with Crippen molar-refractivity contribution in [2.75, 3.05) is 20.6 Å². The van der Waals surface area contributed by atoms with Gasteiger partial charge in [-0.05, 0) is 27.1 Å². The molecule has 0 saturated carbocycles. The molecule has 0 saturated heterocycles. The fourth-order valence-corrected chi connectivity index (χ4v) is 1.56. The van der Waals surface area contributed by atoms with Gasteiger partial charge in [0.1, 0.15) is 0 Å². The van der Waals surface area contributed by atoms with Crippen LogP contribution in [0.2, 0.25) is 0 Å². The molecule has 0 heterocycles. The van der Waals surface area contributed by atoms with E-state index in [1.54, 1.807) is 0 Å². The van der Waals surface area contributed by atoms with Crippen molar-refractivity contribution in [3.8, 4) is 0 Å². The molecule has 0 fully saturated rings. The summed E-state index contributed by atoms with van der Waals surface area (Å²) in [6.45, 7) is 3.53. The van der Waals surface area contributed by atoms with Gasteiger partial charge >= 0.3 is 0 Å². The van der Waals surface area contributed by atoms with Crippen molar-refractivity contribution in [3.63, 3.8) is 0 Å². The fraction of sp³-hybridized carbons (Fsp3) is 1.00. The van der Waals surface area contributed by atoms with Crippen molar-refractivity contribution in [3.05, 3.63) is 0 Å². The van der Waals surface area contributed by atoms with E-state index in [-0.39, 0.29) is 19.5 Å². The van der Waals surface area contributed by atoms with E-state index < -0.39 is 0 Å². The number of nitrogens with zero attached hydrogens (tertiary/aromatic N) is 1. The third-order valence-electron chi connectivity index (χ3n) is 2.46. The van der Waals surface area contributed by atoms with Gasteiger partial charge in [-0.1, -0.05) is 51.9 Å². The molecule has 0 spiro atoms. The molecule has 0 bridgehead atoms. The molecule has 0 aliphatic carbocycles. The van der Waals surface area contributed by atoms with Crippen molar-refractivity contribution in [2.24, 2.45) is 0 Å². The Kier molecular flexibility index (Phi) is 16.5. The molecule has 88 valence electrons. The van der Waals surface area contributed by atoms with Gasteiger partial charge in [0.2, 0.25) is 0 Å². The molecule has 0 N–H and O–H groups in total. The molecule has 0 atom stereocenters. The third kappa shape index (κ3) is 15.1. The number of hydrogen-bond acceptors (Lipinski definition) is 1. The Labute approximate surface area is 103 Å². The van der Waals surface area contributed by atoms with E-state index in [2.05, 4.69) is 25.9 Å². The Morgan fingerprint density at radius 1 is 0.714 bits per heavy atom. The van der Waals surface area contributed by atoms with Gasteiger partial charge < -0.3 is 4.90 Å². The van der Waals surface area contributed by atoms with Gasteiger partial charge in [0, 0.05) is 19.5 Å².